The maximum Gasteiger partial charge on any atom is 0.264 e. The molecule has 0 fully saturated rings. The van der Waals surface area contributed by atoms with Gasteiger partial charge in [-0.3, -0.25) is 10.1 Å². The number of aryl methyl sites for hydroxylation is 2. The molecule has 0 aliphatic heterocycles. The highest BCUT2D eigenvalue weighted by atomic mass is 32.1. The molecule has 0 radical (unpaired) electrons. The van der Waals surface area contributed by atoms with E-state index < -0.39 is 0 Å². The van der Waals surface area contributed by atoms with Gasteiger partial charge in [0, 0.05) is 10.4 Å². The minimum Gasteiger partial charge on any atom is -0.494 e. The van der Waals surface area contributed by atoms with Crippen LogP contribution in [0.25, 0.3) is 11.3 Å². The summed E-state index contributed by atoms with van der Waals surface area (Å²) in [5.41, 5.74) is 2.94. The number of amides is 1. The van der Waals surface area contributed by atoms with Crippen LogP contribution in [-0.4, -0.2) is 24.1 Å². The van der Waals surface area contributed by atoms with Crippen LogP contribution in [0.15, 0.2) is 48.5 Å². The van der Waals surface area contributed by atoms with Gasteiger partial charge >= 0.3 is 0 Å². The molecule has 0 bridgehead atoms. The van der Waals surface area contributed by atoms with Crippen molar-refractivity contribution in [3.8, 4) is 22.8 Å². The van der Waals surface area contributed by atoms with Gasteiger partial charge in [0.2, 0.25) is 0 Å². The number of carbonyl (C=O) groups is 1. The van der Waals surface area contributed by atoms with Crippen LogP contribution in [0, 0.1) is 13.8 Å². The van der Waals surface area contributed by atoms with E-state index in [1.165, 1.54) is 11.3 Å². The Balaban J connectivity index is 1.62. The highest BCUT2D eigenvalue weighted by molar-refractivity contribution is 7.16. The summed E-state index contributed by atoms with van der Waals surface area (Å²) in [5, 5.41) is 3.37. The molecule has 0 unspecified atom stereocenters. The number of benzene rings is 2. The maximum absolute atomic E-state index is 12.2. The number of nitrogens with one attached hydrogen (secondary N) is 1. The molecule has 0 aliphatic rings. The third-order valence-corrected chi connectivity index (χ3v) is 4.73. The van der Waals surface area contributed by atoms with Crippen LogP contribution in [0.4, 0.5) is 5.13 Å². The minimum absolute atomic E-state index is 0.0551. The zero-order valence-electron chi connectivity index (χ0n) is 15.6. The Hall–Kier alpha value is -2.86. The van der Waals surface area contributed by atoms with E-state index in [-0.39, 0.29) is 12.5 Å². The molecule has 1 aromatic heterocycles. The lowest BCUT2D eigenvalue weighted by Gasteiger charge is -2.06. The molecule has 0 atom stereocenters. The van der Waals surface area contributed by atoms with Crippen LogP contribution >= 0.6 is 11.3 Å². The number of aromatic nitrogens is 1. The smallest absolute Gasteiger partial charge is 0.264 e. The Morgan fingerprint density at radius 3 is 2.56 bits per heavy atom. The number of hydrogen-bond acceptors (Lipinski definition) is 5. The fraction of sp³-hybridized carbons (Fsp3) is 0.238. The summed E-state index contributed by atoms with van der Waals surface area (Å²) in [6.45, 7) is 6.50. The second kappa shape index (κ2) is 8.68. The van der Waals surface area contributed by atoms with Gasteiger partial charge in [-0.25, -0.2) is 4.98 Å². The molecule has 3 aromatic rings. The number of carbonyl (C=O) groups excluding carboxylic acids is 1. The maximum atomic E-state index is 12.2. The van der Waals surface area contributed by atoms with Crippen molar-refractivity contribution in [1.82, 2.24) is 4.98 Å². The third-order valence-electron chi connectivity index (χ3n) is 3.84. The van der Waals surface area contributed by atoms with Gasteiger partial charge in [0.05, 0.1) is 12.3 Å². The van der Waals surface area contributed by atoms with Gasteiger partial charge in [0.1, 0.15) is 11.5 Å². The van der Waals surface area contributed by atoms with E-state index in [2.05, 4.69) is 10.3 Å². The quantitative estimate of drug-likeness (QED) is 0.635. The molecule has 1 N–H and O–H groups in total. The average Bonchev–Trinajstić information content (AvgIpc) is 3.01. The van der Waals surface area contributed by atoms with Crippen molar-refractivity contribution in [2.24, 2.45) is 0 Å². The molecule has 0 saturated carbocycles. The Labute approximate surface area is 163 Å². The summed E-state index contributed by atoms with van der Waals surface area (Å²) in [7, 11) is 0. The Morgan fingerprint density at radius 1 is 1.07 bits per heavy atom. The number of hydrogen-bond donors (Lipinski definition) is 1. The molecule has 3 rings (SSSR count). The molecule has 5 nitrogen and oxygen atoms in total. The number of anilines is 1. The van der Waals surface area contributed by atoms with Crippen LogP contribution < -0.4 is 14.8 Å². The van der Waals surface area contributed by atoms with Crippen molar-refractivity contribution >= 4 is 22.4 Å². The van der Waals surface area contributed by atoms with Crippen molar-refractivity contribution in [3.05, 3.63) is 59.0 Å². The van der Waals surface area contributed by atoms with Crippen molar-refractivity contribution in [2.75, 3.05) is 18.5 Å². The van der Waals surface area contributed by atoms with E-state index in [1.807, 2.05) is 69.3 Å². The summed E-state index contributed by atoms with van der Waals surface area (Å²) < 4.78 is 11.0. The largest absolute Gasteiger partial charge is 0.494 e. The zero-order valence-corrected chi connectivity index (χ0v) is 16.4. The lowest BCUT2D eigenvalue weighted by atomic mass is 10.1. The predicted octanol–water partition coefficient (Wildman–Crippen LogP) is 4.84. The van der Waals surface area contributed by atoms with Crippen LogP contribution in [-0.2, 0) is 4.79 Å². The molecule has 2 aromatic carbocycles. The minimum atomic E-state index is -0.233. The first kappa shape index (κ1) is 18.9. The molecule has 0 saturated heterocycles. The van der Waals surface area contributed by atoms with Crippen molar-refractivity contribution < 1.29 is 14.3 Å². The monoisotopic (exact) mass is 382 g/mol. The van der Waals surface area contributed by atoms with Gasteiger partial charge in [0.15, 0.2) is 11.7 Å². The van der Waals surface area contributed by atoms with Gasteiger partial charge in [-0.1, -0.05) is 12.1 Å². The fourth-order valence-electron chi connectivity index (χ4n) is 2.60. The van der Waals surface area contributed by atoms with Gasteiger partial charge < -0.3 is 9.47 Å². The highest BCUT2D eigenvalue weighted by Gasteiger charge is 2.13. The summed E-state index contributed by atoms with van der Waals surface area (Å²) >= 11 is 1.45. The van der Waals surface area contributed by atoms with Gasteiger partial charge in [-0.2, -0.15) is 0 Å². The lowest BCUT2D eigenvalue weighted by Crippen LogP contribution is -2.20. The second-order valence-corrected chi connectivity index (χ2v) is 7.24. The van der Waals surface area contributed by atoms with Gasteiger partial charge in [0.25, 0.3) is 5.91 Å². The van der Waals surface area contributed by atoms with Crippen molar-refractivity contribution in [1.29, 1.82) is 0 Å². The van der Waals surface area contributed by atoms with Crippen LogP contribution in [0.5, 0.6) is 11.5 Å². The Kier molecular flexibility index (Phi) is 6.08. The van der Waals surface area contributed by atoms with Gasteiger partial charge in [-0.15, -0.1) is 11.3 Å². The topological polar surface area (TPSA) is 60.5 Å². The summed E-state index contributed by atoms with van der Waals surface area (Å²) in [6.07, 6.45) is 0. The summed E-state index contributed by atoms with van der Waals surface area (Å²) in [5.74, 6) is 1.27. The summed E-state index contributed by atoms with van der Waals surface area (Å²) in [4.78, 5) is 17.7. The molecule has 1 heterocycles. The standard InChI is InChI=1S/C21H22N2O3S/c1-4-25-17-10-8-16(9-11-17)20-15(3)27-21(23-20)22-19(24)13-26-18-7-5-6-14(2)12-18/h5-12H,4,13H2,1-3H3,(H,22,23,24). The van der Waals surface area contributed by atoms with E-state index in [9.17, 15) is 4.79 Å². The highest BCUT2D eigenvalue weighted by Crippen LogP contribution is 2.31. The molecular formula is C21H22N2O3S. The molecule has 140 valence electrons. The third kappa shape index (κ3) is 5.08. The van der Waals surface area contributed by atoms with Crippen LogP contribution in [0.2, 0.25) is 0 Å². The first-order chi connectivity index (χ1) is 13.0. The predicted molar refractivity (Wildman–Crippen MR) is 109 cm³/mol. The second-order valence-electron chi connectivity index (χ2n) is 6.03. The Morgan fingerprint density at radius 2 is 1.85 bits per heavy atom. The van der Waals surface area contributed by atoms with Crippen LogP contribution in [0.3, 0.4) is 0 Å². The fourth-order valence-corrected chi connectivity index (χ4v) is 3.45. The molecule has 0 spiro atoms. The first-order valence-corrected chi connectivity index (χ1v) is 9.57. The number of nitrogens with zero attached hydrogens (tertiary/aromatic N) is 1. The van der Waals surface area contributed by atoms with E-state index in [4.69, 9.17) is 9.47 Å². The van der Waals surface area contributed by atoms with Gasteiger partial charge in [-0.05, 0) is 62.7 Å². The molecular weight excluding hydrogens is 360 g/mol. The van der Waals surface area contributed by atoms with E-state index in [0.29, 0.717) is 17.5 Å². The van der Waals surface area contributed by atoms with E-state index in [0.717, 1.165) is 27.4 Å². The number of ether oxygens (including phenoxy) is 2. The zero-order chi connectivity index (χ0) is 19.2. The molecule has 0 aliphatic carbocycles. The first-order valence-electron chi connectivity index (χ1n) is 8.75. The van der Waals surface area contributed by atoms with Crippen LogP contribution in [0.1, 0.15) is 17.4 Å². The van der Waals surface area contributed by atoms with E-state index >= 15 is 0 Å². The number of thiazole rings is 1. The summed E-state index contributed by atoms with van der Waals surface area (Å²) in [6, 6.07) is 15.4. The molecule has 1 amide bonds. The Bertz CT molecular complexity index is 919. The number of rotatable bonds is 7. The lowest BCUT2D eigenvalue weighted by molar-refractivity contribution is -0.118. The van der Waals surface area contributed by atoms with E-state index in [1.54, 1.807) is 0 Å². The molecule has 27 heavy (non-hydrogen) atoms. The van der Waals surface area contributed by atoms with Crippen molar-refractivity contribution in [2.45, 2.75) is 20.8 Å². The molecule has 6 heteroatoms. The average molecular weight is 382 g/mol. The van der Waals surface area contributed by atoms with Crippen molar-refractivity contribution in [3.63, 3.8) is 0 Å². The SMILES string of the molecule is CCOc1ccc(-c2nc(NC(=O)COc3cccc(C)c3)sc2C)cc1. The normalized spacial score (nSPS) is 10.5.